The van der Waals surface area contributed by atoms with Gasteiger partial charge in [-0.15, -0.1) is 0 Å². The quantitative estimate of drug-likeness (QED) is 0.384. The molecule has 216 valence electrons. The summed E-state index contributed by atoms with van der Waals surface area (Å²) in [6.45, 7) is 6.40. The number of rotatable bonds is 9. The summed E-state index contributed by atoms with van der Waals surface area (Å²) < 4.78 is 31.3. The number of aryl methyl sites for hydroxylation is 2. The van der Waals surface area contributed by atoms with Gasteiger partial charge in [-0.3, -0.25) is 0 Å². The number of halogens is 2. The van der Waals surface area contributed by atoms with E-state index in [0.29, 0.717) is 70.9 Å². The Morgan fingerprint density at radius 1 is 1.32 bits per heavy atom. The Morgan fingerprint density at radius 2 is 2.10 bits per heavy atom. The summed E-state index contributed by atoms with van der Waals surface area (Å²) in [5, 5.41) is 17.4. The summed E-state index contributed by atoms with van der Waals surface area (Å²) in [6.07, 6.45) is -1.64. The molecule has 0 radical (unpaired) electrons. The van der Waals surface area contributed by atoms with E-state index in [1.165, 1.54) is 12.0 Å². The molecule has 1 aromatic carbocycles. The van der Waals surface area contributed by atoms with E-state index in [1.807, 2.05) is 20.8 Å². The molecule has 0 bridgehead atoms. The minimum absolute atomic E-state index is 0.0321. The highest BCUT2D eigenvalue weighted by Gasteiger charge is 2.33. The fraction of sp³-hybridized carbons (Fsp3) is 0.500. The number of benzene rings is 1. The van der Waals surface area contributed by atoms with E-state index in [-0.39, 0.29) is 19.1 Å². The lowest BCUT2D eigenvalue weighted by atomic mass is 9.88. The first kappa shape index (κ1) is 29.7. The van der Waals surface area contributed by atoms with Gasteiger partial charge in [-0.2, -0.15) is 0 Å². The third kappa shape index (κ3) is 6.54. The first-order valence-electron chi connectivity index (χ1n) is 13.2. The van der Waals surface area contributed by atoms with Crippen LogP contribution in [0.3, 0.4) is 0 Å². The summed E-state index contributed by atoms with van der Waals surface area (Å²) >= 11 is 6.61. The molecule has 0 unspecified atom stereocenters. The number of piperidine rings is 1. The van der Waals surface area contributed by atoms with Gasteiger partial charge in [0.15, 0.2) is 5.82 Å². The van der Waals surface area contributed by atoms with Crippen molar-refractivity contribution < 1.29 is 28.3 Å². The highest BCUT2D eigenvalue weighted by molar-refractivity contribution is 6.33. The zero-order valence-corrected chi connectivity index (χ0v) is 24.1. The Hall–Kier alpha value is -3.28. The SMILES string of the molecule is CNC[C@H](O)COc1ccc(Cl)c(-c2nc(C[C@H]3CCN(C(=O)OC)C[C@H]3F)c(C)c(-c3c(C)noc3C)n2)c1. The number of alkyl halides is 1. The van der Waals surface area contributed by atoms with Gasteiger partial charge in [0.05, 0.1) is 35.6 Å². The molecule has 0 saturated carbocycles. The third-order valence-electron chi connectivity index (χ3n) is 7.14. The lowest BCUT2D eigenvalue weighted by Gasteiger charge is -2.34. The molecule has 12 heteroatoms. The molecular formula is C28H35ClFN5O5. The number of likely N-dealkylation sites (tertiary alicyclic amines) is 1. The fourth-order valence-electron chi connectivity index (χ4n) is 4.93. The molecule has 3 aromatic rings. The number of ether oxygens (including phenoxy) is 2. The molecule has 1 aliphatic rings. The fourth-order valence-corrected chi connectivity index (χ4v) is 5.13. The standard InChI is InChI=1S/C28H35ClFN5O5/c1-15-24(10-18-8-9-35(13-23(18)30)28(37)38-5)32-27(33-26(15)25-16(2)34-40-17(25)3)21-11-20(6-7-22(21)29)39-14-19(36)12-31-4/h6-7,11,18-19,23,31,36H,8-10,12-14H2,1-5H3/t18-,19+,23-/m1/s1. The first-order valence-corrected chi connectivity index (χ1v) is 13.5. The van der Waals surface area contributed by atoms with Crippen LogP contribution in [0.5, 0.6) is 5.75 Å². The minimum atomic E-state index is -1.24. The van der Waals surface area contributed by atoms with E-state index in [9.17, 15) is 9.90 Å². The summed E-state index contributed by atoms with van der Waals surface area (Å²) in [5.74, 6) is 1.11. The topological polar surface area (TPSA) is 123 Å². The Kier molecular flexibility index (Phi) is 9.60. The molecule has 0 aliphatic carbocycles. The zero-order chi connectivity index (χ0) is 29.0. The van der Waals surface area contributed by atoms with Crippen molar-refractivity contribution in [2.45, 2.75) is 45.9 Å². The number of hydrogen-bond donors (Lipinski definition) is 2. The van der Waals surface area contributed by atoms with E-state index in [2.05, 4.69) is 10.5 Å². The predicted molar refractivity (Wildman–Crippen MR) is 148 cm³/mol. The molecule has 1 fully saturated rings. The first-order chi connectivity index (χ1) is 19.1. The molecule has 10 nitrogen and oxygen atoms in total. The number of aliphatic hydroxyl groups excluding tert-OH is 1. The van der Waals surface area contributed by atoms with Crippen LogP contribution in [0, 0.1) is 26.7 Å². The molecule has 4 rings (SSSR count). The zero-order valence-electron chi connectivity index (χ0n) is 23.3. The van der Waals surface area contributed by atoms with E-state index in [1.54, 1.807) is 25.2 Å². The maximum absolute atomic E-state index is 15.3. The van der Waals surface area contributed by atoms with Gasteiger partial charge in [-0.05, 0) is 70.3 Å². The van der Waals surface area contributed by atoms with Gasteiger partial charge in [0.1, 0.15) is 30.4 Å². The van der Waals surface area contributed by atoms with Gasteiger partial charge in [-0.25, -0.2) is 19.2 Å². The maximum Gasteiger partial charge on any atom is 0.409 e. The molecule has 1 aliphatic heterocycles. The van der Waals surface area contributed by atoms with Crippen LogP contribution in [0.4, 0.5) is 9.18 Å². The molecule has 1 amide bonds. The van der Waals surface area contributed by atoms with Gasteiger partial charge in [0, 0.05) is 24.3 Å². The second-order valence-electron chi connectivity index (χ2n) is 10.0. The predicted octanol–water partition coefficient (Wildman–Crippen LogP) is 4.31. The second kappa shape index (κ2) is 12.9. The number of likely N-dealkylation sites (N-methyl/N-ethyl adjacent to an activating group) is 1. The van der Waals surface area contributed by atoms with Crippen LogP contribution in [0.15, 0.2) is 22.7 Å². The van der Waals surface area contributed by atoms with Crippen molar-refractivity contribution in [3.63, 3.8) is 0 Å². The number of hydrogen-bond acceptors (Lipinski definition) is 9. The molecule has 2 aromatic heterocycles. The van der Waals surface area contributed by atoms with Crippen molar-refractivity contribution in [3.8, 4) is 28.4 Å². The molecule has 0 spiro atoms. The van der Waals surface area contributed by atoms with Crippen molar-refractivity contribution in [2.24, 2.45) is 5.92 Å². The summed E-state index contributed by atoms with van der Waals surface area (Å²) in [7, 11) is 3.04. The number of aliphatic hydroxyl groups is 1. The van der Waals surface area contributed by atoms with Crippen LogP contribution < -0.4 is 10.1 Å². The van der Waals surface area contributed by atoms with Gasteiger partial charge >= 0.3 is 6.09 Å². The normalized spacial score (nSPS) is 18.1. The van der Waals surface area contributed by atoms with Gasteiger partial charge < -0.3 is 29.3 Å². The molecule has 2 N–H and O–H groups in total. The number of amides is 1. The van der Waals surface area contributed by atoms with Crippen LogP contribution in [0.25, 0.3) is 22.6 Å². The van der Waals surface area contributed by atoms with Crippen LogP contribution in [-0.2, 0) is 11.2 Å². The lowest BCUT2D eigenvalue weighted by molar-refractivity contribution is 0.0657. The number of nitrogens with one attached hydrogen (secondary N) is 1. The molecule has 1 saturated heterocycles. The van der Waals surface area contributed by atoms with Crippen LogP contribution >= 0.6 is 11.6 Å². The molecular weight excluding hydrogens is 541 g/mol. The minimum Gasteiger partial charge on any atom is -0.491 e. The number of carbonyl (C=O) groups is 1. The number of methoxy groups -OCH3 is 1. The monoisotopic (exact) mass is 575 g/mol. The van der Waals surface area contributed by atoms with Crippen LogP contribution in [-0.4, -0.2) is 83.9 Å². The van der Waals surface area contributed by atoms with Gasteiger partial charge in [0.25, 0.3) is 0 Å². The lowest BCUT2D eigenvalue weighted by Crippen LogP contribution is -2.45. The average molecular weight is 576 g/mol. The average Bonchev–Trinajstić information content (AvgIpc) is 3.27. The van der Waals surface area contributed by atoms with Crippen molar-refractivity contribution in [2.75, 3.05) is 40.4 Å². The van der Waals surface area contributed by atoms with Crippen molar-refractivity contribution in [3.05, 3.63) is 45.9 Å². The Bertz CT molecular complexity index is 1330. The molecule has 3 heterocycles. The van der Waals surface area contributed by atoms with Crippen molar-refractivity contribution >= 4 is 17.7 Å². The van der Waals surface area contributed by atoms with Crippen molar-refractivity contribution in [1.29, 1.82) is 0 Å². The highest BCUT2D eigenvalue weighted by atomic mass is 35.5. The van der Waals surface area contributed by atoms with Crippen LogP contribution in [0.2, 0.25) is 5.02 Å². The number of aromatic nitrogens is 3. The molecule has 3 atom stereocenters. The summed E-state index contributed by atoms with van der Waals surface area (Å²) in [4.78, 5) is 23.0. The smallest absolute Gasteiger partial charge is 0.409 e. The van der Waals surface area contributed by atoms with E-state index in [4.69, 9.17) is 35.6 Å². The van der Waals surface area contributed by atoms with Crippen LogP contribution in [0.1, 0.15) is 29.1 Å². The maximum atomic E-state index is 15.3. The van der Waals surface area contributed by atoms with E-state index >= 15 is 4.39 Å². The van der Waals surface area contributed by atoms with Crippen molar-refractivity contribution in [1.82, 2.24) is 25.3 Å². The summed E-state index contributed by atoms with van der Waals surface area (Å²) in [5.41, 5.74) is 4.05. The van der Waals surface area contributed by atoms with E-state index in [0.717, 1.165) is 11.1 Å². The highest BCUT2D eigenvalue weighted by Crippen LogP contribution is 2.36. The largest absolute Gasteiger partial charge is 0.491 e. The Balaban J connectivity index is 1.72. The Morgan fingerprint density at radius 3 is 2.75 bits per heavy atom. The third-order valence-corrected chi connectivity index (χ3v) is 7.47. The van der Waals surface area contributed by atoms with E-state index < -0.39 is 18.4 Å². The number of nitrogens with zero attached hydrogens (tertiary/aromatic N) is 4. The summed E-state index contributed by atoms with van der Waals surface area (Å²) in [6, 6.07) is 5.13. The second-order valence-corrected chi connectivity index (χ2v) is 10.4. The van der Waals surface area contributed by atoms with Gasteiger partial charge in [-0.1, -0.05) is 16.8 Å². The molecule has 40 heavy (non-hydrogen) atoms. The van der Waals surface area contributed by atoms with Gasteiger partial charge in [0.2, 0.25) is 0 Å². The Labute approximate surface area is 237 Å². The number of carbonyl (C=O) groups excluding carboxylic acids is 1.